The Labute approximate surface area is 132 Å². The Morgan fingerprint density at radius 3 is 2.68 bits per heavy atom. The van der Waals surface area contributed by atoms with E-state index in [2.05, 4.69) is 25.8 Å². The van der Waals surface area contributed by atoms with Crippen LogP contribution in [0.4, 0.5) is 5.69 Å². The Bertz CT molecular complexity index is 519. The first kappa shape index (κ1) is 18.1. The molecule has 0 bridgehead atoms. The average molecular weight is 303 g/mol. The van der Waals surface area contributed by atoms with Gasteiger partial charge in [-0.2, -0.15) is 4.99 Å². The maximum absolute atomic E-state index is 11.9. The summed E-state index contributed by atoms with van der Waals surface area (Å²) in [7, 11) is 0. The number of hydrogen-bond acceptors (Lipinski definition) is 4. The third kappa shape index (κ3) is 7.19. The lowest BCUT2D eigenvalue weighted by Crippen LogP contribution is -2.09. The molecule has 1 aromatic rings. The summed E-state index contributed by atoms with van der Waals surface area (Å²) in [5, 5.41) is 0. The fraction of sp³-hybridized carbons (Fsp3) is 0.556. The number of rotatable bonds is 9. The average Bonchev–Trinajstić information content (AvgIpc) is 2.47. The number of hydrogen-bond donors (Lipinski definition) is 0. The van der Waals surface area contributed by atoms with Crippen LogP contribution < -0.4 is 0 Å². The zero-order chi connectivity index (χ0) is 16.4. The van der Waals surface area contributed by atoms with E-state index in [0.29, 0.717) is 23.8 Å². The topological polar surface area (TPSA) is 55.7 Å². The molecule has 1 rings (SSSR count). The Morgan fingerprint density at radius 1 is 1.23 bits per heavy atom. The number of benzene rings is 1. The summed E-state index contributed by atoms with van der Waals surface area (Å²) in [6.45, 7) is 7.07. The second-order valence-electron chi connectivity index (χ2n) is 6.11. The van der Waals surface area contributed by atoms with Crippen LogP contribution >= 0.6 is 0 Å². The lowest BCUT2D eigenvalue weighted by atomic mass is 9.98. The van der Waals surface area contributed by atoms with Gasteiger partial charge in [-0.05, 0) is 36.5 Å². The third-order valence-electron chi connectivity index (χ3n) is 3.58. The molecule has 22 heavy (non-hydrogen) atoms. The first-order valence-corrected chi connectivity index (χ1v) is 7.88. The SMILES string of the molecule is CC(C)CCC[C@H](C)CCOC(=O)c1cccc(N=C=O)c1. The molecule has 0 saturated carbocycles. The Balaban J connectivity index is 2.33. The maximum Gasteiger partial charge on any atom is 0.338 e. The van der Waals surface area contributed by atoms with E-state index in [4.69, 9.17) is 4.74 Å². The van der Waals surface area contributed by atoms with Crippen molar-refractivity contribution in [3.63, 3.8) is 0 Å². The van der Waals surface area contributed by atoms with Gasteiger partial charge < -0.3 is 4.74 Å². The molecule has 4 heteroatoms. The number of carbonyl (C=O) groups excluding carboxylic acids is 2. The molecule has 0 amide bonds. The van der Waals surface area contributed by atoms with Gasteiger partial charge in [-0.25, -0.2) is 9.59 Å². The van der Waals surface area contributed by atoms with Crippen LogP contribution in [0.3, 0.4) is 0 Å². The van der Waals surface area contributed by atoms with Crippen molar-refractivity contribution < 1.29 is 14.3 Å². The van der Waals surface area contributed by atoms with Gasteiger partial charge in [0.05, 0.1) is 17.9 Å². The number of aliphatic imine (C=N–C) groups is 1. The van der Waals surface area contributed by atoms with Crippen LogP contribution in [0.15, 0.2) is 29.3 Å². The largest absolute Gasteiger partial charge is 0.462 e. The van der Waals surface area contributed by atoms with Crippen molar-refractivity contribution in [1.29, 1.82) is 0 Å². The van der Waals surface area contributed by atoms with E-state index < -0.39 is 0 Å². The van der Waals surface area contributed by atoms with Gasteiger partial charge >= 0.3 is 5.97 Å². The van der Waals surface area contributed by atoms with Gasteiger partial charge in [0.15, 0.2) is 0 Å². The van der Waals surface area contributed by atoms with Crippen molar-refractivity contribution in [2.24, 2.45) is 16.8 Å². The van der Waals surface area contributed by atoms with E-state index in [1.54, 1.807) is 18.2 Å². The fourth-order valence-corrected chi connectivity index (χ4v) is 2.21. The van der Waals surface area contributed by atoms with Crippen LogP contribution in [0.1, 0.15) is 56.8 Å². The highest BCUT2D eigenvalue weighted by atomic mass is 16.5. The first-order valence-electron chi connectivity index (χ1n) is 7.88. The Morgan fingerprint density at radius 2 is 2.00 bits per heavy atom. The van der Waals surface area contributed by atoms with Crippen LogP contribution in [0, 0.1) is 11.8 Å². The number of ether oxygens (including phenoxy) is 1. The molecule has 0 fully saturated rings. The molecule has 0 radical (unpaired) electrons. The second kappa shape index (κ2) is 9.91. The number of isocyanates is 1. The van der Waals surface area contributed by atoms with Gasteiger partial charge in [0.2, 0.25) is 6.08 Å². The van der Waals surface area contributed by atoms with Gasteiger partial charge in [-0.3, -0.25) is 0 Å². The van der Waals surface area contributed by atoms with Crippen molar-refractivity contribution in [2.45, 2.75) is 46.5 Å². The summed E-state index contributed by atoms with van der Waals surface area (Å²) in [4.78, 5) is 25.6. The lowest BCUT2D eigenvalue weighted by molar-refractivity contribution is 0.0483. The smallest absolute Gasteiger partial charge is 0.338 e. The minimum atomic E-state index is -0.377. The van der Waals surface area contributed by atoms with Gasteiger partial charge in [0, 0.05) is 0 Å². The molecule has 0 N–H and O–H groups in total. The molecule has 0 spiro atoms. The first-order chi connectivity index (χ1) is 10.5. The highest BCUT2D eigenvalue weighted by Crippen LogP contribution is 2.17. The van der Waals surface area contributed by atoms with Crippen LogP contribution in [-0.4, -0.2) is 18.7 Å². The predicted molar refractivity (Wildman–Crippen MR) is 87.0 cm³/mol. The Hall–Kier alpha value is -1.93. The van der Waals surface area contributed by atoms with Gasteiger partial charge in [0.1, 0.15) is 0 Å². The summed E-state index contributed by atoms with van der Waals surface area (Å²) < 4.78 is 5.28. The van der Waals surface area contributed by atoms with Gasteiger partial charge in [0.25, 0.3) is 0 Å². The normalized spacial score (nSPS) is 11.8. The monoisotopic (exact) mass is 303 g/mol. The van der Waals surface area contributed by atoms with Crippen LogP contribution in [0.25, 0.3) is 0 Å². The molecule has 1 aromatic carbocycles. The highest BCUT2D eigenvalue weighted by Gasteiger charge is 2.09. The predicted octanol–water partition coefficient (Wildman–Crippen LogP) is 4.66. The maximum atomic E-state index is 11.9. The minimum Gasteiger partial charge on any atom is -0.462 e. The van der Waals surface area contributed by atoms with Crippen LogP contribution in [0.5, 0.6) is 0 Å². The molecule has 4 nitrogen and oxygen atoms in total. The molecule has 1 atom stereocenters. The van der Waals surface area contributed by atoms with Crippen LogP contribution in [-0.2, 0) is 9.53 Å². The summed E-state index contributed by atoms with van der Waals surface area (Å²) >= 11 is 0. The molecule has 0 aromatic heterocycles. The molecular weight excluding hydrogens is 278 g/mol. The third-order valence-corrected chi connectivity index (χ3v) is 3.58. The molecule has 0 aliphatic heterocycles. The molecular formula is C18H25NO3. The summed E-state index contributed by atoms with van der Waals surface area (Å²) in [5.74, 6) is 0.918. The van der Waals surface area contributed by atoms with Crippen LogP contribution in [0.2, 0.25) is 0 Å². The zero-order valence-corrected chi connectivity index (χ0v) is 13.7. The summed E-state index contributed by atoms with van der Waals surface area (Å²) in [5.41, 5.74) is 0.815. The van der Waals surface area contributed by atoms with Gasteiger partial charge in [-0.1, -0.05) is 46.1 Å². The van der Waals surface area contributed by atoms with Crippen molar-refractivity contribution in [3.8, 4) is 0 Å². The van der Waals surface area contributed by atoms with E-state index >= 15 is 0 Å². The van der Waals surface area contributed by atoms with Gasteiger partial charge in [-0.15, -0.1) is 0 Å². The molecule has 0 unspecified atom stereocenters. The van der Waals surface area contributed by atoms with E-state index in [1.165, 1.54) is 31.4 Å². The number of esters is 1. The summed E-state index contributed by atoms with van der Waals surface area (Å²) in [6, 6.07) is 6.48. The molecule has 0 aliphatic rings. The second-order valence-corrected chi connectivity index (χ2v) is 6.11. The molecule has 0 heterocycles. The standard InChI is InChI=1S/C18H25NO3/c1-14(2)6-4-7-15(3)10-11-22-18(21)16-8-5-9-17(12-16)19-13-20/h5,8-9,12,14-15H,4,6-7,10-11H2,1-3H3/t15-/m0/s1. The van der Waals surface area contributed by atoms with E-state index in [0.717, 1.165) is 12.3 Å². The fourth-order valence-electron chi connectivity index (χ4n) is 2.21. The number of carbonyl (C=O) groups is 1. The van der Waals surface area contributed by atoms with Crippen molar-refractivity contribution >= 4 is 17.7 Å². The van der Waals surface area contributed by atoms with Crippen molar-refractivity contribution in [1.82, 2.24) is 0 Å². The lowest BCUT2D eigenvalue weighted by Gasteiger charge is -2.12. The van der Waals surface area contributed by atoms with E-state index in [9.17, 15) is 9.59 Å². The van der Waals surface area contributed by atoms with Crippen molar-refractivity contribution in [2.75, 3.05) is 6.61 Å². The van der Waals surface area contributed by atoms with E-state index in [1.807, 2.05) is 0 Å². The molecule has 120 valence electrons. The summed E-state index contributed by atoms with van der Waals surface area (Å²) in [6.07, 6.45) is 5.96. The quantitative estimate of drug-likeness (QED) is 0.378. The molecule has 0 saturated heterocycles. The highest BCUT2D eigenvalue weighted by molar-refractivity contribution is 5.90. The minimum absolute atomic E-state index is 0.377. The Kier molecular flexibility index (Phi) is 8.16. The van der Waals surface area contributed by atoms with Crippen molar-refractivity contribution in [3.05, 3.63) is 29.8 Å². The van der Waals surface area contributed by atoms with E-state index in [-0.39, 0.29) is 5.97 Å². The zero-order valence-electron chi connectivity index (χ0n) is 13.7. The molecule has 0 aliphatic carbocycles. The number of nitrogens with zero attached hydrogens (tertiary/aromatic N) is 1.